The second kappa shape index (κ2) is 9.67. The van der Waals surface area contributed by atoms with Crippen LogP contribution in [0.1, 0.15) is 21.5 Å². The van der Waals surface area contributed by atoms with E-state index in [0.29, 0.717) is 11.1 Å². The number of hydrogen-bond donors (Lipinski definition) is 2. The lowest BCUT2D eigenvalue weighted by molar-refractivity contribution is -0.120. The topological polar surface area (TPSA) is 116 Å². The van der Waals surface area contributed by atoms with Crippen molar-refractivity contribution in [3.05, 3.63) is 71.3 Å². The molecule has 1 unspecified atom stereocenters. The number of nitriles is 1. The number of amides is 2. The molecule has 0 radical (unpaired) electrons. The van der Waals surface area contributed by atoms with E-state index in [1.807, 2.05) is 6.92 Å². The number of sulfone groups is 1. The molecule has 0 aliphatic carbocycles. The Bertz CT molecular complexity index is 965. The van der Waals surface area contributed by atoms with Crippen LogP contribution in [0.4, 0.5) is 0 Å². The quantitative estimate of drug-likeness (QED) is 0.650. The number of nitrogens with zero attached hydrogens (tertiary/aromatic N) is 1. The predicted octanol–water partition coefficient (Wildman–Crippen LogP) is 1.35. The fraction of sp³-hybridized carbons (Fsp3) is 0.250. The van der Waals surface area contributed by atoms with Crippen LogP contribution in [0.15, 0.2) is 54.6 Å². The summed E-state index contributed by atoms with van der Waals surface area (Å²) in [6.45, 7) is 1.18. The molecule has 2 aromatic carbocycles. The molecule has 2 N–H and O–H groups in total. The molecular formula is C20H21N3O4S. The van der Waals surface area contributed by atoms with E-state index in [-0.39, 0.29) is 18.8 Å². The van der Waals surface area contributed by atoms with Crippen molar-refractivity contribution in [2.45, 2.75) is 17.9 Å². The molecule has 146 valence electrons. The van der Waals surface area contributed by atoms with E-state index >= 15 is 0 Å². The van der Waals surface area contributed by atoms with Crippen LogP contribution in [0.25, 0.3) is 0 Å². The highest BCUT2D eigenvalue weighted by Crippen LogP contribution is 2.13. The minimum atomic E-state index is -3.93. The van der Waals surface area contributed by atoms with Gasteiger partial charge < -0.3 is 10.6 Å². The summed E-state index contributed by atoms with van der Waals surface area (Å²) in [5.41, 5.74) is 1.88. The van der Waals surface area contributed by atoms with Gasteiger partial charge in [-0.3, -0.25) is 9.59 Å². The molecule has 2 rings (SSSR count). The van der Waals surface area contributed by atoms with E-state index in [9.17, 15) is 18.0 Å². The lowest BCUT2D eigenvalue weighted by atomic mass is 10.2. The first-order valence-corrected chi connectivity index (χ1v) is 10.3. The first kappa shape index (κ1) is 21.1. The van der Waals surface area contributed by atoms with Gasteiger partial charge in [-0.15, -0.1) is 0 Å². The van der Waals surface area contributed by atoms with Gasteiger partial charge in [-0.05, 0) is 24.6 Å². The second-order valence-corrected chi connectivity index (χ2v) is 8.42. The van der Waals surface area contributed by atoms with Crippen LogP contribution in [0.3, 0.4) is 0 Å². The van der Waals surface area contributed by atoms with Gasteiger partial charge in [0.25, 0.3) is 5.91 Å². The van der Waals surface area contributed by atoms with Crippen LogP contribution in [0.2, 0.25) is 0 Å². The van der Waals surface area contributed by atoms with E-state index in [1.165, 1.54) is 0 Å². The monoisotopic (exact) mass is 399 g/mol. The summed E-state index contributed by atoms with van der Waals surface area (Å²) in [6.07, 6.45) is 0. The molecule has 0 aromatic heterocycles. The molecule has 0 bridgehead atoms. The molecule has 2 amide bonds. The lowest BCUT2D eigenvalue weighted by Gasteiger charge is -2.17. The number of nitrogens with one attached hydrogen (secondary N) is 2. The van der Waals surface area contributed by atoms with Gasteiger partial charge in [-0.1, -0.05) is 48.0 Å². The van der Waals surface area contributed by atoms with E-state index in [2.05, 4.69) is 10.6 Å². The minimum Gasteiger partial charge on any atom is -0.350 e. The summed E-state index contributed by atoms with van der Waals surface area (Å²) in [6, 6.07) is 16.9. The second-order valence-electron chi connectivity index (χ2n) is 6.23. The van der Waals surface area contributed by atoms with Gasteiger partial charge in [0, 0.05) is 12.1 Å². The molecule has 28 heavy (non-hydrogen) atoms. The van der Waals surface area contributed by atoms with Gasteiger partial charge in [-0.2, -0.15) is 5.26 Å². The average Bonchev–Trinajstić information content (AvgIpc) is 2.68. The fourth-order valence-electron chi connectivity index (χ4n) is 2.52. The minimum absolute atomic E-state index is 0.317. The van der Waals surface area contributed by atoms with Gasteiger partial charge in [-0.25, -0.2) is 8.42 Å². The van der Waals surface area contributed by atoms with Crippen LogP contribution < -0.4 is 10.6 Å². The largest absolute Gasteiger partial charge is 0.350 e. The number of hydrogen-bond acceptors (Lipinski definition) is 5. The van der Waals surface area contributed by atoms with Crippen LogP contribution >= 0.6 is 0 Å². The smallest absolute Gasteiger partial charge is 0.251 e. The lowest BCUT2D eigenvalue weighted by Crippen LogP contribution is -2.47. The highest BCUT2D eigenvalue weighted by atomic mass is 32.2. The normalized spacial score (nSPS) is 11.9. The van der Waals surface area contributed by atoms with E-state index in [1.54, 1.807) is 60.7 Å². The summed E-state index contributed by atoms with van der Waals surface area (Å²) >= 11 is 0. The summed E-state index contributed by atoms with van der Waals surface area (Å²) in [7, 11) is -3.93. The van der Waals surface area contributed by atoms with Gasteiger partial charge in [0.15, 0.2) is 15.1 Å². The van der Waals surface area contributed by atoms with Gasteiger partial charge in [0.1, 0.15) is 6.54 Å². The Labute approximate surface area is 164 Å². The zero-order chi connectivity index (χ0) is 20.6. The number of carbonyl (C=O) groups is 2. The van der Waals surface area contributed by atoms with E-state index < -0.39 is 26.9 Å². The van der Waals surface area contributed by atoms with Crippen LogP contribution in [0, 0.1) is 18.3 Å². The number of aryl methyl sites for hydroxylation is 1. The molecule has 0 saturated heterocycles. The molecule has 1 atom stereocenters. The number of benzene rings is 2. The number of rotatable bonds is 8. The van der Waals surface area contributed by atoms with Gasteiger partial charge >= 0.3 is 0 Å². The van der Waals surface area contributed by atoms with Crippen molar-refractivity contribution in [1.82, 2.24) is 10.6 Å². The van der Waals surface area contributed by atoms with Crippen molar-refractivity contribution in [3.8, 4) is 6.07 Å². The highest BCUT2D eigenvalue weighted by molar-refractivity contribution is 7.92. The molecule has 7 nitrogen and oxygen atoms in total. The Morgan fingerprint density at radius 2 is 1.68 bits per heavy atom. The maximum Gasteiger partial charge on any atom is 0.251 e. The van der Waals surface area contributed by atoms with Crippen molar-refractivity contribution in [1.29, 1.82) is 5.26 Å². The molecule has 0 heterocycles. The molecule has 2 aromatic rings. The van der Waals surface area contributed by atoms with Crippen LogP contribution in [-0.4, -0.2) is 38.6 Å². The summed E-state index contributed by atoms with van der Waals surface area (Å²) < 4.78 is 25.7. The maximum atomic E-state index is 12.8. The first-order chi connectivity index (χ1) is 13.3. The van der Waals surface area contributed by atoms with Crippen molar-refractivity contribution >= 4 is 21.7 Å². The Kier molecular flexibility index (Phi) is 7.29. The molecule has 0 spiro atoms. The van der Waals surface area contributed by atoms with Crippen molar-refractivity contribution in [3.63, 3.8) is 0 Å². The van der Waals surface area contributed by atoms with Crippen molar-refractivity contribution in [2.24, 2.45) is 0 Å². The van der Waals surface area contributed by atoms with Crippen LogP contribution in [-0.2, 0) is 20.4 Å². The zero-order valence-electron chi connectivity index (χ0n) is 15.4. The van der Waals surface area contributed by atoms with Crippen LogP contribution in [0.5, 0.6) is 0 Å². The first-order valence-electron chi connectivity index (χ1n) is 8.58. The third kappa shape index (κ3) is 5.93. The summed E-state index contributed by atoms with van der Waals surface area (Å²) in [4.78, 5) is 24.6. The van der Waals surface area contributed by atoms with Gasteiger partial charge in [0.2, 0.25) is 5.91 Å². The standard InChI is InChI=1S/C20H21N3O4S/c1-15-7-9-16(10-8-15)14-28(26,27)18(20(25)22-12-11-21)13-23-19(24)17-5-3-2-4-6-17/h2-10,18H,12-14H2,1H3,(H,22,25)(H,23,24). The molecule has 0 aliphatic rings. The van der Waals surface area contributed by atoms with Gasteiger partial charge in [0.05, 0.1) is 11.8 Å². The molecule has 0 saturated carbocycles. The molecule has 0 fully saturated rings. The third-order valence-corrected chi connectivity index (χ3v) is 6.02. The Hall–Kier alpha value is -3.18. The SMILES string of the molecule is Cc1ccc(CS(=O)(=O)C(CNC(=O)c2ccccc2)C(=O)NCC#N)cc1. The summed E-state index contributed by atoms with van der Waals surface area (Å²) in [5.74, 6) is -1.65. The Morgan fingerprint density at radius 1 is 1.04 bits per heavy atom. The fourth-order valence-corrected chi connectivity index (χ4v) is 4.12. The average molecular weight is 399 g/mol. The summed E-state index contributed by atoms with van der Waals surface area (Å²) in [5, 5.41) is 11.9. The van der Waals surface area contributed by atoms with E-state index in [4.69, 9.17) is 5.26 Å². The third-order valence-electron chi connectivity index (χ3n) is 4.04. The van der Waals surface area contributed by atoms with Crippen molar-refractivity contribution in [2.75, 3.05) is 13.1 Å². The zero-order valence-corrected chi connectivity index (χ0v) is 16.2. The Balaban J connectivity index is 2.17. The van der Waals surface area contributed by atoms with E-state index in [0.717, 1.165) is 5.56 Å². The van der Waals surface area contributed by atoms with Crippen molar-refractivity contribution < 1.29 is 18.0 Å². The number of carbonyl (C=O) groups excluding carboxylic acids is 2. The predicted molar refractivity (Wildman–Crippen MR) is 105 cm³/mol. The molecule has 8 heteroatoms. The molecule has 0 aliphatic heterocycles. The molecular weight excluding hydrogens is 378 g/mol. The Morgan fingerprint density at radius 3 is 2.29 bits per heavy atom. The maximum absolute atomic E-state index is 12.8. The highest BCUT2D eigenvalue weighted by Gasteiger charge is 2.33.